The Labute approximate surface area is 121 Å². The van der Waals surface area contributed by atoms with Gasteiger partial charge in [-0.05, 0) is 32.6 Å². The molecule has 1 unspecified atom stereocenters. The van der Waals surface area contributed by atoms with Gasteiger partial charge >= 0.3 is 0 Å². The first kappa shape index (κ1) is 15.0. The highest BCUT2D eigenvalue weighted by molar-refractivity contribution is 5.38. The van der Waals surface area contributed by atoms with E-state index < -0.39 is 0 Å². The smallest absolute Gasteiger partial charge is 0.218 e. The first-order valence-electron chi connectivity index (χ1n) is 7.64. The second-order valence-electron chi connectivity index (χ2n) is 5.79. The van der Waals surface area contributed by atoms with Crippen LogP contribution in [0.1, 0.15) is 46.0 Å². The molecule has 3 N–H and O–H groups in total. The minimum Gasteiger partial charge on any atom is -0.475 e. The maximum Gasteiger partial charge on any atom is 0.218 e. The number of anilines is 1. The molecule has 1 atom stereocenters. The second kappa shape index (κ2) is 7.43. The third kappa shape index (κ3) is 4.34. The lowest BCUT2D eigenvalue weighted by atomic mass is 9.84. The zero-order chi connectivity index (χ0) is 14.4. The molecule has 5 heteroatoms. The molecule has 112 valence electrons. The topological polar surface area (TPSA) is 73.1 Å². The van der Waals surface area contributed by atoms with Gasteiger partial charge < -0.3 is 15.8 Å². The summed E-state index contributed by atoms with van der Waals surface area (Å²) in [6.45, 7) is 4.61. The molecule has 1 fully saturated rings. The summed E-state index contributed by atoms with van der Waals surface area (Å²) in [6, 6.07) is 2.14. The maximum atomic E-state index is 5.93. The first-order chi connectivity index (χ1) is 9.69. The van der Waals surface area contributed by atoms with Crippen LogP contribution in [0, 0.1) is 5.92 Å². The van der Waals surface area contributed by atoms with Gasteiger partial charge in [0.2, 0.25) is 5.88 Å². The fourth-order valence-corrected chi connectivity index (χ4v) is 2.82. The van der Waals surface area contributed by atoms with Crippen molar-refractivity contribution in [2.24, 2.45) is 11.7 Å². The van der Waals surface area contributed by atoms with E-state index in [2.05, 4.69) is 15.3 Å². The molecule has 20 heavy (non-hydrogen) atoms. The predicted molar refractivity (Wildman–Crippen MR) is 80.8 cm³/mol. The number of rotatable bonds is 6. The molecule has 0 aliphatic heterocycles. The van der Waals surface area contributed by atoms with Crippen LogP contribution in [0.4, 0.5) is 5.82 Å². The van der Waals surface area contributed by atoms with Gasteiger partial charge in [0.25, 0.3) is 0 Å². The lowest BCUT2D eigenvalue weighted by Gasteiger charge is -2.30. The zero-order valence-electron chi connectivity index (χ0n) is 12.5. The largest absolute Gasteiger partial charge is 0.475 e. The molecule has 1 aliphatic rings. The van der Waals surface area contributed by atoms with Crippen LogP contribution >= 0.6 is 0 Å². The average Bonchev–Trinajstić information content (AvgIpc) is 2.45. The minimum absolute atomic E-state index is 0.112. The lowest BCUT2D eigenvalue weighted by Crippen LogP contribution is -2.37. The van der Waals surface area contributed by atoms with Crippen LogP contribution in [0.3, 0.4) is 0 Å². The summed E-state index contributed by atoms with van der Waals surface area (Å²) in [6.07, 6.45) is 8.15. The van der Waals surface area contributed by atoms with E-state index in [0.29, 0.717) is 18.3 Å². The van der Waals surface area contributed by atoms with Gasteiger partial charge in [-0.1, -0.05) is 19.3 Å². The number of ether oxygens (including phenoxy) is 1. The molecule has 0 spiro atoms. The summed E-state index contributed by atoms with van der Waals surface area (Å²) < 4.78 is 5.59. The Kier molecular flexibility index (Phi) is 5.59. The molecule has 1 aromatic rings. The number of aromatic nitrogens is 2. The summed E-state index contributed by atoms with van der Waals surface area (Å²) in [7, 11) is 0. The fraction of sp³-hybridized carbons (Fsp3) is 0.733. The normalized spacial score (nSPS) is 18.0. The predicted octanol–water partition coefficient (Wildman–Crippen LogP) is 2.58. The van der Waals surface area contributed by atoms with E-state index in [1.54, 1.807) is 0 Å². The Hall–Kier alpha value is -1.36. The van der Waals surface area contributed by atoms with Crippen LogP contribution in [-0.4, -0.2) is 28.7 Å². The number of nitrogens with two attached hydrogens (primary N) is 1. The third-order valence-corrected chi connectivity index (χ3v) is 3.80. The van der Waals surface area contributed by atoms with Gasteiger partial charge in [-0.15, -0.1) is 0 Å². The van der Waals surface area contributed by atoms with Gasteiger partial charge in [-0.2, -0.15) is 0 Å². The summed E-state index contributed by atoms with van der Waals surface area (Å²) in [5, 5.41) is 3.46. The molecule has 1 heterocycles. The monoisotopic (exact) mass is 278 g/mol. The maximum absolute atomic E-state index is 5.93. The van der Waals surface area contributed by atoms with Gasteiger partial charge in [0.05, 0.1) is 6.10 Å². The van der Waals surface area contributed by atoms with Crippen LogP contribution in [-0.2, 0) is 0 Å². The van der Waals surface area contributed by atoms with E-state index >= 15 is 0 Å². The number of nitrogens with one attached hydrogen (secondary N) is 1. The third-order valence-electron chi connectivity index (χ3n) is 3.80. The first-order valence-corrected chi connectivity index (χ1v) is 7.64. The van der Waals surface area contributed by atoms with Crippen molar-refractivity contribution < 1.29 is 4.74 Å². The van der Waals surface area contributed by atoms with Crippen molar-refractivity contribution in [3.05, 3.63) is 12.4 Å². The Morgan fingerprint density at radius 2 is 2.05 bits per heavy atom. The Balaban J connectivity index is 1.99. The molecule has 0 saturated heterocycles. The highest BCUT2D eigenvalue weighted by Gasteiger charge is 2.22. The van der Waals surface area contributed by atoms with E-state index in [4.69, 9.17) is 10.5 Å². The van der Waals surface area contributed by atoms with E-state index in [9.17, 15) is 0 Å². The van der Waals surface area contributed by atoms with E-state index in [1.165, 1.54) is 38.4 Å². The number of hydrogen-bond donors (Lipinski definition) is 2. The second-order valence-corrected chi connectivity index (χ2v) is 5.79. The molecular formula is C15H26N4O. The summed E-state index contributed by atoms with van der Waals surface area (Å²) in [5.41, 5.74) is 5.93. The molecule has 0 bridgehead atoms. The van der Waals surface area contributed by atoms with Gasteiger partial charge in [0.1, 0.15) is 12.1 Å². The van der Waals surface area contributed by atoms with E-state index in [0.717, 1.165) is 5.82 Å². The van der Waals surface area contributed by atoms with Crippen LogP contribution in [0.25, 0.3) is 0 Å². The summed E-state index contributed by atoms with van der Waals surface area (Å²) in [4.78, 5) is 8.39. The lowest BCUT2D eigenvalue weighted by molar-refractivity contribution is 0.232. The molecular weight excluding hydrogens is 252 g/mol. The van der Waals surface area contributed by atoms with Crippen molar-refractivity contribution in [3.63, 3.8) is 0 Å². The van der Waals surface area contributed by atoms with Crippen molar-refractivity contribution >= 4 is 5.82 Å². The highest BCUT2D eigenvalue weighted by Crippen LogP contribution is 2.27. The average molecular weight is 278 g/mol. The molecule has 1 saturated carbocycles. The van der Waals surface area contributed by atoms with Gasteiger partial charge in [-0.3, -0.25) is 0 Å². The Morgan fingerprint density at radius 1 is 1.30 bits per heavy atom. The molecule has 1 aromatic heterocycles. The molecule has 1 aliphatic carbocycles. The van der Waals surface area contributed by atoms with Gasteiger partial charge in [0, 0.05) is 18.7 Å². The van der Waals surface area contributed by atoms with Crippen LogP contribution in [0.5, 0.6) is 5.88 Å². The van der Waals surface area contributed by atoms with Crippen LogP contribution in [0.15, 0.2) is 12.4 Å². The molecule has 2 rings (SSSR count). The van der Waals surface area contributed by atoms with Gasteiger partial charge in [-0.25, -0.2) is 9.97 Å². The Bertz CT molecular complexity index is 405. The quantitative estimate of drug-likeness (QED) is 0.836. The van der Waals surface area contributed by atoms with Crippen molar-refractivity contribution in [1.29, 1.82) is 0 Å². The summed E-state index contributed by atoms with van der Waals surface area (Å²) in [5.74, 6) is 2.06. The van der Waals surface area contributed by atoms with Crippen LogP contribution < -0.4 is 15.8 Å². The van der Waals surface area contributed by atoms with E-state index in [-0.39, 0.29) is 12.1 Å². The molecule has 0 amide bonds. The number of nitrogens with zero attached hydrogens (tertiary/aromatic N) is 2. The van der Waals surface area contributed by atoms with Crippen LogP contribution in [0.2, 0.25) is 0 Å². The molecule has 5 nitrogen and oxygen atoms in total. The van der Waals surface area contributed by atoms with Crippen molar-refractivity contribution in [2.75, 3.05) is 11.9 Å². The fourth-order valence-electron chi connectivity index (χ4n) is 2.82. The number of hydrogen-bond acceptors (Lipinski definition) is 5. The highest BCUT2D eigenvalue weighted by atomic mass is 16.5. The molecule has 0 aromatic carbocycles. The summed E-state index contributed by atoms with van der Waals surface area (Å²) >= 11 is 0. The minimum atomic E-state index is 0.112. The van der Waals surface area contributed by atoms with Crippen molar-refractivity contribution in [3.8, 4) is 5.88 Å². The van der Waals surface area contributed by atoms with E-state index in [1.807, 2.05) is 19.9 Å². The SMILES string of the molecule is CC(C)Oc1cc(NC(CN)C2CCCCC2)ncn1. The Morgan fingerprint density at radius 3 is 2.70 bits per heavy atom. The standard InChI is InChI=1S/C15H26N4O/c1-11(2)20-15-8-14(17-10-18-15)19-13(9-16)12-6-4-3-5-7-12/h8,10-13H,3-7,9,16H2,1-2H3,(H,17,18,19). The van der Waals surface area contributed by atoms with Gasteiger partial charge in [0.15, 0.2) is 0 Å². The molecule has 0 radical (unpaired) electrons. The van der Waals surface area contributed by atoms with Crippen molar-refractivity contribution in [2.45, 2.75) is 58.1 Å². The zero-order valence-corrected chi connectivity index (χ0v) is 12.5. The van der Waals surface area contributed by atoms with Crippen molar-refractivity contribution in [1.82, 2.24) is 9.97 Å².